The maximum atomic E-state index is 12.5. The highest BCUT2D eigenvalue weighted by molar-refractivity contribution is 5.76. The Morgan fingerprint density at radius 1 is 1.12 bits per heavy atom. The van der Waals surface area contributed by atoms with Gasteiger partial charge in [0.25, 0.3) is 0 Å². The molecule has 0 spiro atoms. The molecule has 1 amide bonds. The van der Waals surface area contributed by atoms with E-state index in [1.807, 2.05) is 59.5 Å². The molecule has 1 saturated heterocycles. The molecule has 3 rings (SSSR count). The lowest BCUT2D eigenvalue weighted by molar-refractivity contribution is -0.132. The van der Waals surface area contributed by atoms with Crippen LogP contribution in [-0.2, 0) is 4.79 Å². The van der Waals surface area contributed by atoms with Gasteiger partial charge in [0, 0.05) is 24.8 Å². The molecule has 2 aromatic carbocycles. The van der Waals surface area contributed by atoms with Crippen molar-refractivity contribution in [2.24, 2.45) is 0 Å². The van der Waals surface area contributed by atoms with Crippen LogP contribution in [0.15, 0.2) is 54.6 Å². The van der Waals surface area contributed by atoms with E-state index in [2.05, 4.69) is 5.32 Å². The fourth-order valence-corrected chi connectivity index (χ4v) is 3.18. The van der Waals surface area contributed by atoms with Crippen molar-refractivity contribution >= 4 is 11.6 Å². The van der Waals surface area contributed by atoms with Crippen LogP contribution in [0.3, 0.4) is 0 Å². The van der Waals surface area contributed by atoms with Crippen LogP contribution in [-0.4, -0.2) is 43.7 Å². The molecule has 0 aliphatic carbocycles. The van der Waals surface area contributed by atoms with Crippen molar-refractivity contribution in [1.82, 2.24) is 4.90 Å². The maximum Gasteiger partial charge on any atom is 0.226 e. The standard InChI is InChI=1S/C21H26N2O3/c1-25-19-11-9-17(10-12-19)22-18-6-5-14-23(16-18)21(24)13-15-26-20-7-3-2-4-8-20/h2-4,7-12,18,22H,5-6,13-16H2,1H3/t18-/m1/s1. The molecule has 0 unspecified atom stereocenters. The molecule has 1 fully saturated rings. The number of ether oxygens (including phenoxy) is 2. The van der Waals surface area contributed by atoms with Crippen molar-refractivity contribution in [1.29, 1.82) is 0 Å². The molecule has 138 valence electrons. The van der Waals surface area contributed by atoms with Gasteiger partial charge in [-0.1, -0.05) is 18.2 Å². The molecule has 5 nitrogen and oxygen atoms in total. The average Bonchev–Trinajstić information content (AvgIpc) is 2.69. The minimum atomic E-state index is 0.155. The van der Waals surface area contributed by atoms with Crippen LogP contribution < -0.4 is 14.8 Å². The third-order valence-corrected chi connectivity index (χ3v) is 4.56. The zero-order chi connectivity index (χ0) is 18.2. The number of amides is 1. The van der Waals surface area contributed by atoms with Crippen molar-refractivity contribution in [3.05, 3.63) is 54.6 Å². The molecule has 0 radical (unpaired) electrons. The van der Waals surface area contributed by atoms with Crippen LogP contribution in [0, 0.1) is 0 Å². The lowest BCUT2D eigenvalue weighted by Crippen LogP contribution is -2.45. The Kier molecular flexibility index (Phi) is 6.36. The molecule has 5 heteroatoms. The van der Waals surface area contributed by atoms with Gasteiger partial charge in [-0.2, -0.15) is 0 Å². The van der Waals surface area contributed by atoms with Gasteiger partial charge in [-0.25, -0.2) is 0 Å². The number of benzene rings is 2. The van der Waals surface area contributed by atoms with Crippen molar-refractivity contribution in [3.63, 3.8) is 0 Å². The molecule has 0 bridgehead atoms. The summed E-state index contributed by atoms with van der Waals surface area (Å²) >= 11 is 0. The number of carbonyl (C=O) groups excluding carboxylic acids is 1. The second-order valence-electron chi connectivity index (χ2n) is 6.46. The molecule has 1 atom stereocenters. The van der Waals surface area contributed by atoms with Crippen molar-refractivity contribution in [3.8, 4) is 11.5 Å². The Morgan fingerprint density at radius 3 is 2.62 bits per heavy atom. The number of hydrogen-bond acceptors (Lipinski definition) is 4. The minimum absolute atomic E-state index is 0.155. The van der Waals surface area contributed by atoms with Gasteiger partial charge in [0.15, 0.2) is 0 Å². The molecule has 2 aromatic rings. The highest BCUT2D eigenvalue weighted by Gasteiger charge is 2.23. The molecule has 0 saturated carbocycles. The summed E-state index contributed by atoms with van der Waals surface area (Å²) in [6.45, 7) is 1.97. The van der Waals surface area contributed by atoms with Gasteiger partial charge in [-0.15, -0.1) is 0 Å². The Bertz CT molecular complexity index is 688. The summed E-state index contributed by atoms with van der Waals surface area (Å²) in [4.78, 5) is 14.4. The molecular formula is C21H26N2O3. The van der Waals surface area contributed by atoms with E-state index in [0.29, 0.717) is 13.0 Å². The number of hydrogen-bond donors (Lipinski definition) is 1. The number of nitrogens with zero attached hydrogens (tertiary/aromatic N) is 1. The lowest BCUT2D eigenvalue weighted by Gasteiger charge is -2.33. The maximum absolute atomic E-state index is 12.5. The highest BCUT2D eigenvalue weighted by Crippen LogP contribution is 2.19. The van der Waals surface area contributed by atoms with E-state index in [0.717, 1.165) is 43.1 Å². The van der Waals surface area contributed by atoms with Gasteiger partial charge in [0.2, 0.25) is 5.91 Å². The second kappa shape index (κ2) is 9.13. The Hall–Kier alpha value is -2.69. The Morgan fingerprint density at radius 2 is 1.88 bits per heavy atom. The summed E-state index contributed by atoms with van der Waals surface area (Å²) in [5.41, 5.74) is 1.05. The summed E-state index contributed by atoms with van der Waals surface area (Å²) in [7, 11) is 1.66. The molecule has 1 aliphatic rings. The van der Waals surface area contributed by atoms with Gasteiger partial charge >= 0.3 is 0 Å². The van der Waals surface area contributed by atoms with E-state index >= 15 is 0 Å². The fraction of sp³-hybridized carbons (Fsp3) is 0.381. The van der Waals surface area contributed by atoms with Crippen molar-refractivity contribution < 1.29 is 14.3 Å². The van der Waals surface area contributed by atoms with Gasteiger partial charge in [-0.05, 0) is 49.2 Å². The largest absolute Gasteiger partial charge is 0.497 e. The molecule has 0 aromatic heterocycles. The van der Waals surface area contributed by atoms with Crippen molar-refractivity contribution in [2.75, 3.05) is 32.1 Å². The van der Waals surface area contributed by atoms with E-state index in [-0.39, 0.29) is 11.9 Å². The number of piperidine rings is 1. The first-order chi connectivity index (χ1) is 12.7. The van der Waals surface area contributed by atoms with E-state index in [9.17, 15) is 4.79 Å². The number of methoxy groups -OCH3 is 1. The first-order valence-electron chi connectivity index (χ1n) is 9.11. The number of rotatable bonds is 7. The summed E-state index contributed by atoms with van der Waals surface area (Å²) in [5.74, 6) is 1.80. The Labute approximate surface area is 154 Å². The topological polar surface area (TPSA) is 50.8 Å². The molecule has 26 heavy (non-hydrogen) atoms. The van der Waals surface area contributed by atoms with Crippen LogP contribution in [0.1, 0.15) is 19.3 Å². The van der Waals surface area contributed by atoms with Gasteiger partial charge < -0.3 is 19.7 Å². The van der Waals surface area contributed by atoms with Crippen LogP contribution in [0.5, 0.6) is 11.5 Å². The minimum Gasteiger partial charge on any atom is -0.497 e. The van der Waals surface area contributed by atoms with Gasteiger partial charge in [0.1, 0.15) is 11.5 Å². The summed E-state index contributed by atoms with van der Waals surface area (Å²) in [5, 5.41) is 3.52. The second-order valence-corrected chi connectivity index (χ2v) is 6.46. The van der Waals surface area contributed by atoms with Gasteiger partial charge in [0.05, 0.1) is 20.1 Å². The predicted molar refractivity (Wildman–Crippen MR) is 103 cm³/mol. The molecule has 1 aliphatic heterocycles. The monoisotopic (exact) mass is 354 g/mol. The fourth-order valence-electron chi connectivity index (χ4n) is 3.18. The summed E-state index contributed by atoms with van der Waals surface area (Å²) in [6, 6.07) is 17.8. The van der Waals surface area contributed by atoms with E-state index in [1.54, 1.807) is 7.11 Å². The molecular weight excluding hydrogens is 328 g/mol. The average molecular weight is 354 g/mol. The highest BCUT2D eigenvalue weighted by atomic mass is 16.5. The number of carbonyl (C=O) groups is 1. The first-order valence-corrected chi connectivity index (χ1v) is 9.11. The SMILES string of the molecule is COc1ccc(N[C@@H]2CCCN(C(=O)CCOc3ccccc3)C2)cc1. The quantitative estimate of drug-likeness (QED) is 0.826. The zero-order valence-corrected chi connectivity index (χ0v) is 15.2. The number of nitrogens with one attached hydrogen (secondary N) is 1. The Balaban J connectivity index is 1.45. The van der Waals surface area contributed by atoms with E-state index in [4.69, 9.17) is 9.47 Å². The lowest BCUT2D eigenvalue weighted by atomic mass is 10.0. The van der Waals surface area contributed by atoms with Crippen LogP contribution in [0.2, 0.25) is 0 Å². The first kappa shape index (κ1) is 18.1. The van der Waals surface area contributed by atoms with E-state index < -0.39 is 0 Å². The number of para-hydroxylation sites is 1. The van der Waals surface area contributed by atoms with Crippen LogP contribution >= 0.6 is 0 Å². The normalized spacial score (nSPS) is 16.8. The summed E-state index contributed by atoms with van der Waals surface area (Å²) in [6.07, 6.45) is 2.49. The van der Waals surface area contributed by atoms with Crippen LogP contribution in [0.4, 0.5) is 5.69 Å². The smallest absolute Gasteiger partial charge is 0.226 e. The number of anilines is 1. The van der Waals surface area contributed by atoms with Crippen molar-refractivity contribution in [2.45, 2.75) is 25.3 Å². The van der Waals surface area contributed by atoms with E-state index in [1.165, 1.54) is 0 Å². The van der Waals surface area contributed by atoms with Gasteiger partial charge in [-0.3, -0.25) is 4.79 Å². The predicted octanol–water partition coefficient (Wildman–Crippen LogP) is 3.57. The molecule has 1 heterocycles. The third kappa shape index (κ3) is 5.15. The summed E-state index contributed by atoms with van der Waals surface area (Å²) < 4.78 is 10.8. The third-order valence-electron chi connectivity index (χ3n) is 4.56. The van der Waals surface area contributed by atoms with Crippen LogP contribution in [0.25, 0.3) is 0 Å². The zero-order valence-electron chi connectivity index (χ0n) is 15.2. The molecule has 1 N–H and O–H groups in total. The number of likely N-dealkylation sites (tertiary alicyclic amines) is 1.